The standard InChI is InChI=1S/C23H26N6O.2C2HF3O2/c1-17-14-25-19(15-24-17)21(30)28-10-8-23(9-11-28)22-26-16-20(18-6-4-3-5-7-18)29(22)13-12-27(23)2;2*3-2(4,5)1(6)7/h3-7,14-16H,8-13H2,1-2H3;2*(H,6,7). The Hall–Kier alpha value is -4.54. The summed E-state index contributed by atoms with van der Waals surface area (Å²) >= 11 is 0. The molecular formula is C27H28F6N6O5. The van der Waals surface area contributed by atoms with Gasteiger partial charge in [0.1, 0.15) is 11.5 Å². The zero-order chi connectivity index (χ0) is 32.9. The van der Waals surface area contributed by atoms with E-state index in [0.717, 1.165) is 37.4 Å². The van der Waals surface area contributed by atoms with Crippen molar-refractivity contribution in [1.29, 1.82) is 0 Å². The quantitative estimate of drug-likeness (QED) is 0.402. The number of aryl methyl sites for hydroxylation is 1. The van der Waals surface area contributed by atoms with Gasteiger partial charge in [-0.1, -0.05) is 30.3 Å². The number of rotatable bonds is 2. The molecule has 11 nitrogen and oxygen atoms in total. The third-order valence-corrected chi connectivity index (χ3v) is 7.09. The number of aromatic nitrogens is 4. The van der Waals surface area contributed by atoms with Gasteiger partial charge in [-0.05, 0) is 32.4 Å². The van der Waals surface area contributed by atoms with Crippen LogP contribution < -0.4 is 0 Å². The average Bonchev–Trinajstić information content (AvgIpc) is 3.41. The summed E-state index contributed by atoms with van der Waals surface area (Å²) in [5, 5.41) is 14.2. The fraction of sp³-hybridized carbons (Fsp3) is 0.407. The van der Waals surface area contributed by atoms with Crippen LogP contribution in [0.1, 0.15) is 34.8 Å². The van der Waals surface area contributed by atoms with Crippen LogP contribution in [0, 0.1) is 6.92 Å². The Labute approximate surface area is 246 Å². The van der Waals surface area contributed by atoms with Crippen molar-refractivity contribution in [1.82, 2.24) is 29.3 Å². The summed E-state index contributed by atoms with van der Waals surface area (Å²) in [4.78, 5) is 48.4. The van der Waals surface area contributed by atoms with E-state index in [1.54, 1.807) is 12.4 Å². The van der Waals surface area contributed by atoms with E-state index in [0.29, 0.717) is 18.8 Å². The van der Waals surface area contributed by atoms with Gasteiger partial charge in [-0.2, -0.15) is 26.3 Å². The Balaban J connectivity index is 0.000000317. The first-order chi connectivity index (χ1) is 20.5. The van der Waals surface area contributed by atoms with E-state index in [1.165, 1.54) is 11.3 Å². The molecule has 1 amide bonds. The van der Waals surface area contributed by atoms with Crippen LogP contribution in [0.4, 0.5) is 26.3 Å². The lowest BCUT2D eigenvalue weighted by Crippen LogP contribution is -2.57. The molecule has 17 heteroatoms. The number of aliphatic carboxylic acids is 2. The number of hydrogen-bond acceptors (Lipinski definition) is 7. The number of fused-ring (bicyclic) bond motifs is 2. The molecule has 0 radical (unpaired) electrons. The number of halogens is 6. The molecule has 0 saturated carbocycles. The lowest BCUT2D eigenvalue weighted by atomic mass is 9.83. The van der Waals surface area contributed by atoms with Gasteiger partial charge in [0, 0.05) is 32.4 Å². The van der Waals surface area contributed by atoms with Gasteiger partial charge in [-0.15, -0.1) is 0 Å². The van der Waals surface area contributed by atoms with Crippen molar-refractivity contribution in [3.05, 3.63) is 66.1 Å². The average molecular weight is 631 g/mol. The van der Waals surface area contributed by atoms with E-state index in [9.17, 15) is 31.1 Å². The molecule has 44 heavy (non-hydrogen) atoms. The number of carbonyl (C=O) groups excluding carboxylic acids is 1. The van der Waals surface area contributed by atoms with Crippen LogP contribution in [0.5, 0.6) is 0 Å². The molecule has 5 rings (SSSR count). The molecule has 1 aromatic carbocycles. The third-order valence-electron chi connectivity index (χ3n) is 7.09. The van der Waals surface area contributed by atoms with Gasteiger partial charge in [-0.3, -0.25) is 14.7 Å². The maximum Gasteiger partial charge on any atom is 0.490 e. The van der Waals surface area contributed by atoms with E-state index in [1.807, 2.05) is 24.1 Å². The number of likely N-dealkylation sites (N-methyl/N-ethyl adjacent to an activating group) is 1. The summed E-state index contributed by atoms with van der Waals surface area (Å²) < 4.78 is 65.8. The SMILES string of the molecule is Cc1cnc(C(=O)N2CCC3(CC2)c2ncc(-c4ccccc4)n2CCN3C)cn1.O=C(O)C(F)(F)F.O=C(O)C(F)(F)F. The molecular weight excluding hydrogens is 602 g/mol. The number of piperidine rings is 1. The number of amides is 1. The largest absolute Gasteiger partial charge is 0.490 e. The highest BCUT2D eigenvalue weighted by Gasteiger charge is 2.46. The molecule has 2 aliphatic heterocycles. The molecule has 3 aromatic rings. The van der Waals surface area contributed by atoms with Gasteiger partial charge in [0.25, 0.3) is 5.91 Å². The summed E-state index contributed by atoms with van der Waals surface area (Å²) in [6.07, 6.45) is -3.21. The number of hydrogen-bond donors (Lipinski definition) is 2. The van der Waals surface area contributed by atoms with Crippen LogP contribution in [-0.4, -0.2) is 96.4 Å². The number of likely N-dealkylation sites (tertiary alicyclic amines) is 1. The first kappa shape index (κ1) is 34.0. The first-order valence-electron chi connectivity index (χ1n) is 13.0. The second-order valence-electron chi connectivity index (χ2n) is 9.88. The zero-order valence-corrected chi connectivity index (χ0v) is 23.4. The maximum atomic E-state index is 12.9. The van der Waals surface area contributed by atoms with Gasteiger partial charge < -0.3 is 19.7 Å². The Bertz CT molecular complexity index is 1430. The Morgan fingerprint density at radius 3 is 1.82 bits per heavy atom. The van der Waals surface area contributed by atoms with Crippen LogP contribution in [0.2, 0.25) is 0 Å². The molecule has 2 aliphatic rings. The lowest BCUT2D eigenvalue weighted by molar-refractivity contribution is -0.193. The van der Waals surface area contributed by atoms with E-state index < -0.39 is 24.3 Å². The minimum absolute atomic E-state index is 0.0378. The number of imidazole rings is 1. The molecule has 1 fully saturated rings. The van der Waals surface area contributed by atoms with Gasteiger partial charge in [0.2, 0.25) is 0 Å². The summed E-state index contributed by atoms with van der Waals surface area (Å²) in [5.74, 6) is -4.43. The first-order valence-corrected chi connectivity index (χ1v) is 13.0. The highest BCUT2D eigenvalue weighted by Crippen LogP contribution is 2.41. The van der Waals surface area contributed by atoms with Crippen LogP contribution in [0.25, 0.3) is 11.3 Å². The highest BCUT2D eigenvalue weighted by molar-refractivity contribution is 5.92. The molecule has 2 N–H and O–H groups in total. The summed E-state index contributed by atoms with van der Waals surface area (Å²) in [5.41, 5.74) is 3.46. The van der Waals surface area contributed by atoms with Crippen molar-refractivity contribution in [3.8, 4) is 11.3 Å². The van der Waals surface area contributed by atoms with Crippen LogP contribution in [0.15, 0.2) is 48.9 Å². The van der Waals surface area contributed by atoms with Crippen molar-refractivity contribution >= 4 is 17.8 Å². The predicted molar refractivity (Wildman–Crippen MR) is 141 cm³/mol. The smallest absolute Gasteiger partial charge is 0.475 e. The number of carbonyl (C=O) groups is 3. The summed E-state index contributed by atoms with van der Waals surface area (Å²) in [6.45, 7) is 5.15. The summed E-state index contributed by atoms with van der Waals surface area (Å²) in [7, 11) is 2.18. The molecule has 2 aromatic heterocycles. The van der Waals surface area contributed by atoms with Crippen LogP contribution in [0.3, 0.4) is 0 Å². The Kier molecular flexibility index (Phi) is 10.3. The van der Waals surface area contributed by atoms with E-state index in [-0.39, 0.29) is 11.4 Å². The van der Waals surface area contributed by atoms with Gasteiger partial charge in [0.05, 0.1) is 29.3 Å². The van der Waals surface area contributed by atoms with E-state index >= 15 is 0 Å². The minimum atomic E-state index is -5.08. The van der Waals surface area contributed by atoms with Crippen molar-refractivity contribution in [2.24, 2.45) is 0 Å². The molecule has 0 unspecified atom stereocenters. The molecule has 1 spiro atoms. The van der Waals surface area contributed by atoms with Gasteiger partial charge >= 0.3 is 24.3 Å². The summed E-state index contributed by atoms with van der Waals surface area (Å²) in [6, 6.07) is 10.5. The number of carboxylic acid groups (broad SMARTS) is 2. The number of alkyl halides is 6. The molecule has 238 valence electrons. The van der Waals surface area contributed by atoms with Crippen molar-refractivity contribution < 1.29 is 50.9 Å². The van der Waals surface area contributed by atoms with Crippen molar-refractivity contribution in [2.75, 3.05) is 26.7 Å². The molecule has 1 saturated heterocycles. The van der Waals surface area contributed by atoms with Gasteiger partial charge in [0.15, 0.2) is 0 Å². The Morgan fingerprint density at radius 2 is 1.34 bits per heavy atom. The molecule has 4 heterocycles. The molecule has 0 atom stereocenters. The topological polar surface area (TPSA) is 142 Å². The normalized spacial score (nSPS) is 16.1. The van der Waals surface area contributed by atoms with Crippen molar-refractivity contribution in [2.45, 2.75) is 44.2 Å². The third kappa shape index (κ3) is 7.89. The fourth-order valence-electron chi connectivity index (χ4n) is 4.80. The Morgan fingerprint density at radius 1 is 0.795 bits per heavy atom. The van der Waals surface area contributed by atoms with Crippen molar-refractivity contribution in [3.63, 3.8) is 0 Å². The molecule has 0 bridgehead atoms. The number of carboxylic acids is 2. The zero-order valence-electron chi connectivity index (χ0n) is 23.4. The monoisotopic (exact) mass is 630 g/mol. The van der Waals surface area contributed by atoms with E-state index in [4.69, 9.17) is 24.8 Å². The fourth-order valence-corrected chi connectivity index (χ4v) is 4.80. The second-order valence-corrected chi connectivity index (χ2v) is 9.88. The lowest BCUT2D eigenvalue weighted by Gasteiger charge is -2.49. The van der Waals surface area contributed by atoms with Crippen LogP contribution in [-0.2, 0) is 21.7 Å². The number of benzene rings is 1. The minimum Gasteiger partial charge on any atom is -0.475 e. The number of nitrogens with zero attached hydrogens (tertiary/aromatic N) is 6. The van der Waals surface area contributed by atoms with E-state index in [2.05, 4.69) is 50.7 Å². The van der Waals surface area contributed by atoms with Gasteiger partial charge in [-0.25, -0.2) is 19.6 Å². The molecule has 0 aliphatic carbocycles. The highest BCUT2D eigenvalue weighted by atomic mass is 19.4. The van der Waals surface area contributed by atoms with Crippen LogP contribution >= 0.6 is 0 Å². The predicted octanol–water partition coefficient (Wildman–Crippen LogP) is 3.99. The maximum absolute atomic E-state index is 12.9. The second kappa shape index (κ2) is 13.4.